The van der Waals surface area contributed by atoms with Crippen LogP contribution in [-0.4, -0.2) is 72.1 Å². The zero-order valence-corrected chi connectivity index (χ0v) is 19.5. The van der Waals surface area contributed by atoms with Gasteiger partial charge in [-0.1, -0.05) is 23.9 Å². The highest BCUT2D eigenvalue weighted by atomic mass is 32.2. The second kappa shape index (κ2) is 10.8. The van der Waals surface area contributed by atoms with Gasteiger partial charge in [-0.15, -0.1) is 0 Å². The number of aromatic nitrogens is 2. The van der Waals surface area contributed by atoms with E-state index in [1.807, 2.05) is 18.3 Å². The van der Waals surface area contributed by atoms with Crippen molar-refractivity contribution in [2.75, 3.05) is 51.2 Å². The van der Waals surface area contributed by atoms with E-state index in [-0.39, 0.29) is 0 Å². The predicted octanol–water partition coefficient (Wildman–Crippen LogP) is 4.58. The first-order chi connectivity index (χ1) is 14.8. The first-order valence-corrected chi connectivity index (χ1v) is 12.9. The van der Waals surface area contributed by atoms with Crippen LogP contribution in [0, 0.1) is 0 Å². The van der Waals surface area contributed by atoms with Crippen LogP contribution in [0.2, 0.25) is 0 Å². The van der Waals surface area contributed by atoms with E-state index >= 15 is 0 Å². The van der Waals surface area contributed by atoms with Gasteiger partial charge in [-0.25, -0.2) is 9.97 Å². The molecule has 0 N–H and O–H groups in total. The van der Waals surface area contributed by atoms with Gasteiger partial charge in [0.25, 0.3) is 0 Å². The lowest BCUT2D eigenvalue weighted by Gasteiger charge is -2.36. The van der Waals surface area contributed by atoms with Gasteiger partial charge in [0.2, 0.25) is 0 Å². The number of ether oxygens (including phenoxy) is 2. The average Bonchev–Trinajstić information content (AvgIpc) is 3.34. The van der Waals surface area contributed by atoms with Crippen molar-refractivity contribution in [3.8, 4) is 16.9 Å². The number of piperidine rings is 1. The minimum atomic E-state index is 0.440. The standard InChI is InChI=1S/C23H31N3O2S2/c1-27-10-12-30-23-24-14-21(17-5-3-7-20(13-17)28-2)22(25-23)18-6-4-9-26(15-18)19-8-11-29-16-19/h3,5,7,13-14,18-19H,4,6,8-12,15-16H2,1-2H3. The van der Waals surface area contributed by atoms with E-state index < -0.39 is 0 Å². The van der Waals surface area contributed by atoms with E-state index in [1.165, 1.54) is 43.0 Å². The fourth-order valence-electron chi connectivity index (χ4n) is 4.36. The molecule has 2 aliphatic rings. The number of methoxy groups -OCH3 is 2. The van der Waals surface area contributed by atoms with Crippen molar-refractivity contribution in [1.82, 2.24) is 14.9 Å². The lowest BCUT2D eigenvalue weighted by Crippen LogP contribution is -2.42. The summed E-state index contributed by atoms with van der Waals surface area (Å²) < 4.78 is 10.7. The SMILES string of the molecule is COCCSc1ncc(-c2cccc(OC)c2)c(C2CCCN(C3CCSC3)C2)n1. The molecule has 0 aliphatic carbocycles. The van der Waals surface area contributed by atoms with Crippen LogP contribution in [0.1, 0.15) is 30.9 Å². The summed E-state index contributed by atoms with van der Waals surface area (Å²) in [6.45, 7) is 3.02. The highest BCUT2D eigenvalue weighted by Gasteiger charge is 2.31. The Balaban J connectivity index is 1.64. The number of nitrogens with zero attached hydrogens (tertiary/aromatic N) is 3. The summed E-state index contributed by atoms with van der Waals surface area (Å²) in [7, 11) is 3.45. The topological polar surface area (TPSA) is 47.5 Å². The van der Waals surface area contributed by atoms with Gasteiger partial charge >= 0.3 is 0 Å². The third kappa shape index (κ3) is 5.31. The van der Waals surface area contributed by atoms with Crippen molar-refractivity contribution >= 4 is 23.5 Å². The summed E-state index contributed by atoms with van der Waals surface area (Å²) >= 11 is 3.77. The van der Waals surface area contributed by atoms with E-state index in [2.05, 4.69) is 33.8 Å². The van der Waals surface area contributed by atoms with Crippen LogP contribution in [-0.2, 0) is 4.74 Å². The quantitative estimate of drug-likeness (QED) is 0.335. The molecule has 2 saturated heterocycles. The molecule has 162 valence electrons. The molecule has 30 heavy (non-hydrogen) atoms. The van der Waals surface area contributed by atoms with E-state index in [1.54, 1.807) is 26.0 Å². The smallest absolute Gasteiger partial charge is 0.187 e. The molecule has 2 fully saturated rings. The zero-order valence-electron chi connectivity index (χ0n) is 17.9. The number of hydrogen-bond donors (Lipinski definition) is 0. The molecule has 0 saturated carbocycles. The third-order valence-electron chi connectivity index (χ3n) is 5.96. The van der Waals surface area contributed by atoms with Crippen LogP contribution in [0.25, 0.3) is 11.1 Å². The summed E-state index contributed by atoms with van der Waals surface area (Å²) in [6.07, 6.45) is 5.75. The molecule has 2 aromatic rings. The van der Waals surface area contributed by atoms with Gasteiger partial charge in [0.15, 0.2) is 5.16 Å². The molecular formula is C23H31N3O2S2. The van der Waals surface area contributed by atoms with Crippen molar-refractivity contribution in [2.24, 2.45) is 0 Å². The Morgan fingerprint density at radius 3 is 3.00 bits per heavy atom. The molecule has 0 bridgehead atoms. The van der Waals surface area contributed by atoms with Gasteiger partial charge in [0, 0.05) is 48.9 Å². The van der Waals surface area contributed by atoms with Crippen molar-refractivity contribution < 1.29 is 9.47 Å². The van der Waals surface area contributed by atoms with Crippen LogP contribution in [0.3, 0.4) is 0 Å². The Hall–Kier alpha value is -1.28. The molecule has 2 unspecified atom stereocenters. The van der Waals surface area contributed by atoms with Crippen LogP contribution < -0.4 is 4.74 Å². The van der Waals surface area contributed by atoms with Crippen molar-refractivity contribution in [1.29, 1.82) is 0 Å². The number of benzene rings is 1. The molecular weight excluding hydrogens is 414 g/mol. The number of rotatable bonds is 8. The molecule has 1 aromatic heterocycles. The number of hydrogen-bond acceptors (Lipinski definition) is 7. The van der Waals surface area contributed by atoms with Gasteiger partial charge in [0.1, 0.15) is 5.75 Å². The molecule has 2 atom stereocenters. The monoisotopic (exact) mass is 445 g/mol. The van der Waals surface area contributed by atoms with E-state index in [4.69, 9.17) is 14.5 Å². The van der Waals surface area contributed by atoms with E-state index in [0.717, 1.165) is 40.4 Å². The minimum Gasteiger partial charge on any atom is -0.497 e. The second-order valence-electron chi connectivity index (χ2n) is 7.88. The average molecular weight is 446 g/mol. The Morgan fingerprint density at radius 2 is 2.20 bits per heavy atom. The zero-order chi connectivity index (χ0) is 20.8. The molecule has 1 aromatic carbocycles. The fraction of sp³-hybridized carbons (Fsp3) is 0.565. The molecule has 3 heterocycles. The maximum Gasteiger partial charge on any atom is 0.187 e. The predicted molar refractivity (Wildman–Crippen MR) is 126 cm³/mol. The second-order valence-corrected chi connectivity index (χ2v) is 10.1. The highest BCUT2D eigenvalue weighted by Crippen LogP contribution is 2.36. The first-order valence-electron chi connectivity index (χ1n) is 10.7. The molecule has 5 nitrogen and oxygen atoms in total. The van der Waals surface area contributed by atoms with Gasteiger partial charge in [-0.05, 0) is 49.3 Å². The van der Waals surface area contributed by atoms with Gasteiger partial charge in [-0.2, -0.15) is 11.8 Å². The normalized spacial score (nSPS) is 22.3. The van der Waals surface area contributed by atoms with Crippen LogP contribution in [0.5, 0.6) is 5.75 Å². The summed E-state index contributed by atoms with van der Waals surface area (Å²) in [5.41, 5.74) is 3.46. The highest BCUT2D eigenvalue weighted by molar-refractivity contribution is 7.99. The molecule has 0 radical (unpaired) electrons. The van der Waals surface area contributed by atoms with Gasteiger partial charge in [0.05, 0.1) is 19.4 Å². The van der Waals surface area contributed by atoms with E-state index in [9.17, 15) is 0 Å². The fourth-order valence-corrected chi connectivity index (χ4v) is 6.34. The number of likely N-dealkylation sites (tertiary alicyclic amines) is 1. The lowest BCUT2D eigenvalue weighted by molar-refractivity contribution is 0.159. The van der Waals surface area contributed by atoms with Crippen LogP contribution in [0.15, 0.2) is 35.6 Å². The van der Waals surface area contributed by atoms with Crippen LogP contribution >= 0.6 is 23.5 Å². The molecule has 0 spiro atoms. The Labute approximate surface area is 188 Å². The minimum absolute atomic E-state index is 0.440. The van der Waals surface area contributed by atoms with Crippen molar-refractivity contribution in [3.63, 3.8) is 0 Å². The lowest BCUT2D eigenvalue weighted by atomic mass is 9.89. The van der Waals surface area contributed by atoms with Gasteiger partial charge in [-0.3, -0.25) is 4.90 Å². The summed E-state index contributed by atoms with van der Waals surface area (Å²) in [5.74, 6) is 4.75. The Morgan fingerprint density at radius 1 is 1.27 bits per heavy atom. The largest absolute Gasteiger partial charge is 0.497 e. The summed E-state index contributed by atoms with van der Waals surface area (Å²) in [5, 5.41) is 0.849. The molecule has 0 amide bonds. The van der Waals surface area contributed by atoms with Crippen LogP contribution in [0.4, 0.5) is 0 Å². The van der Waals surface area contributed by atoms with Crippen molar-refractivity contribution in [3.05, 3.63) is 36.2 Å². The summed E-state index contributed by atoms with van der Waals surface area (Å²) in [4.78, 5) is 12.5. The Kier molecular flexibility index (Phi) is 7.93. The summed E-state index contributed by atoms with van der Waals surface area (Å²) in [6, 6.07) is 8.99. The first kappa shape index (κ1) is 21.9. The third-order valence-corrected chi connectivity index (χ3v) is 7.93. The number of thioether (sulfide) groups is 2. The van der Waals surface area contributed by atoms with Crippen molar-refractivity contribution in [2.45, 2.75) is 36.4 Å². The maximum atomic E-state index is 5.47. The maximum absolute atomic E-state index is 5.47. The van der Waals surface area contributed by atoms with Gasteiger partial charge < -0.3 is 9.47 Å². The Bertz CT molecular complexity index is 830. The molecule has 2 aliphatic heterocycles. The molecule has 7 heteroatoms. The van der Waals surface area contributed by atoms with E-state index in [0.29, 0.717) is 12.5 Å². The molecule has 4 rings (SSSR count).